The highest BCUT2D eigenvalue weighted by atomic mass is 32.2. The summed E-state index contributed by atoms with van der Waals surface area (Å²) in [4.78, 5) is 29.4. The number of carbonyl (C=O) groups excluding carboxylic acids is 2. The van der Waals surface area contributed by atoms with Gasteiger partial charge in [0.25, 0.3) is 10.0 Å². The van der Waals surface area contributed by atoms with Gasteiger partial charge < -0.3 is 10.2 Å². The summed E-state index contributed by atoms with van der Waals surface area (Å²) in [5.74, 6) is -1.19. The zero-order valence-corrected chi connectivity index (χ0v) is 26.3. The van der Waals surface area contributed by atoms with Crippen molar-refractivity contribution in [2.75, 3.05) is 10.8 Å². The Labute approximate surface area is 255 Å². The Morgan fingerprint density at radius 3 is 2.07 bits per heavy atom. The average Bonchev–Trinajstić information content (AvgIpc) is 2.97. The zero-order chi connectivity index (χ0) is 31.1. The highest BCUT2D eigenvalue weighted by Crippen LogP contribution is 2.27. The van der Waals surface area contributed by atoms with E-state index in [-0.39, 0.29) is 23.4 Å². The Kier molecular flexibility index (Phi) is 10.6. The number of hydrogen-bond acceptors (Lipinski definition) is 4. The number of anilines is 1. The molecular formula is C34H42FN3O4S. The second kappa shape index (κ2) is 14.2. The standard InChI is InChI=1S/C34H42FN3O4S/c1-5-32(34(40)36-29-9-7-6-8-10-29)37(22-27-13-15-28(35)16-14-27)33(39)23-38(30-20-25(3)19-26(4)21-30)43(41,42)31-17-11-24(2)12-18-31/h11-21,29,32H,5-10,22-23H2,1-4H3,(H,36,40). The van der Waals surface area contributed by atoms with Crippen molar-refractivity contribution in [1.82, 2.24) is 10.2 Å². The molecule has 9 heteroatoms. The van der Waals surface area contributed by atoms with Crippen molar-refractivity contribution in [3.63, 3.8) is 0 Å². The van der Waals surface area contributed by atoms with Crippen LogP contribution in [-0.4, -0.2) is 43.8 Å². The molecule has 1 saturated carbocycles. The molecule has 0 saturated heterocycles. The molecular weight excluding hydrogens is 565 g/mol. The second-order valence-electron chi connectivity index (χ2n) is 11.6. The maximum Gasteiger partial charge on any atom is 0.264 e. The highest BCUT2D eigenvalue weighted by molar-refractivity contribution is 7.92. The second-order valence-corrected chi connectivity index (χ2v) is 13.4. The largest absolute Gasteiger partial charge is 0.352 e. The van der Waals surface area contributed by atoms with Crippen LogP contribution in [0.15, 0.2) is 71.6 Å². The van der Waals surface area contributed by atoms with Crippen LogP contribution in [-0.2, 0) is 26.2 Å². The van der Waals surface area contributed by atoms with Gasteiger partial charge in [-0.2, -0.15) is 0 Å². The number of aryl methyl sites for hydroxylation is 3. The van der Waals surface area contributed by atoms with Gasteiger partial charge in [0.15, 0.2) is 0 Å². The number of carbonyl (C=O) groups is 2. The minimum atomic E-state index is -4.15. The molecule has 43 heavy (non-hydrogen) atoms. The molecule has 7 nitrogen and oxygen atoms in total. The van der Waals surface area contributed by atoms with Crippen LogP contribution in [0.5, 0.6) is 0 Å². The van der Waals surface area contributed by atoms with Gasteiger partial charge >= 0.3 is 0 Å². The predicted molar refractivity (Wildman–Crippen MR) is 168 cm³/mol. The molecule has 4 rings (SSSR count). The van der Waals surface area contributed by atoms with E-state index in [1.54, 1.807) is 36.4 Å². The lowest BCUT2D eigenvalue weighted by atomic mass is 9.95. The van der Waals surface area contributed by atoms with E-state index in [9.17, 15) is 22.4 Å². The van der Waals surface area contributed by atoms with Crippen molar-refractivity contribution in [2.24, 2.45) is 0 Å². The molecule has 1 fully saturated rings. The normalized spacial score (nSPS) is 14.6. The summed E-state index contributed by atoms with van der Waals surface area (Å²) in [6, 6.07) is 16.9. The fraction of sp³-hybridized carbons (Fsp3) is 0.412. The minimum Gasteiger partial charge on any atom is -0.352 e. The Morgan fingerprint density at radius 1 is 0.884 bits per heavy atom. The quantitative estimate of drug-likeness (QED) is 0.281. The topological polar surface area (TPSA) is 86.8 Å². The lowest BCUT2D eigenvalue weighted by Crippen LogP contribution is -2.54. The summed E-state index contributed by atoms with van der Waals surface area (Å²) in [6.45, 7) is 6.98. The van der Waals surface area contributed by atoms with Crippen LogP contribution in [0, 0.1) is 26.6 Å². The van der Waals surface area contributed by atoms with Crippen molar-refractivity contribution in [3.8, 4) is 0 Å². The van der Waals surface area contributed by atoms with Crippen LogP contribution in [0.3, 0.4) is 0 Å². The summed E-state index contributed by atoms with van der Waals surface area (Å²) in [5, 5.41) is 3.14. The van der Waals surface area contributed by atoms with Crippen molar-refractivity contribution >= 4 is 27.5 Å². The fourth-order valence-electron chi connectivity index (χ4n) is 5.71. The van der Waals surface area contributed by atoms with E-state index in [2.05, 4.69) is 5.32 Å². The number of nitrogens with one attached hydrogen (secondary N) is 1. The first-order valence-corrected chi connectivity index (χ1v) is 16.4. The molecule has 0 spiro atoms. The number of sulfonamides is 1. The van der Waals surface area contributed by atoms with E-state index in [0.717, 1.165) is 53.1 Å². The summed E-state index contributed by atoms with van der Waals surface area (Å²) < 4.78 is 43.0. The maximum atomic E-state index is 14.3. The minimum absolute atomic E-state index is 0.0287. The van der Waals surface area contributed by atoms with Crippen LogP contribution < -0.4 is 9.62 Å². The molecule has 1 atom stereocenters. The smallest absolute Gasteiger partial charge is 0.264 e. The third-order valence-electron chi connectivity index (χ3n) is 7.99. The van der Waals surface area contributed by atoms with Gasteiger partial charge in [-0.05, 0) is 93.1 Å². The summed E-state index contributed by atoms with van der Waals surface area (Å²) in [7, 11) is -4.15. The van der Waals surface area contributed by atoms with Gasteiger partial charge in [0, 0.05) is 12.6 Å². The van der Waals surface area contributed by atoms with Crippen LogP contribution in [0.25, 0.3) is 0 Å². The molecule has 3 aromatic rings. The van der Waals surface area contributed by atoms with E-state index in [1.165, 1.54) is 29.2 Å². The monoisotopic (exact) mass is 607 g/mol. The zero-order valence-electron chi connectivity index (χ0n) is 25.5. The predicted octanol–water partition coefficient (Wildman–Crippen LogP) is 6.20. The fourth-order valence-corrected chi connectivity index (χ4v) is 7.11. The third kappa shape index (κ3) is 8.22. The first-order valence-electron chi connectivity index (χ1n) is 15.0. The Balaban J connectivity index is 1.72. The lowest BCUT2D eigenvalue weighted by molar-refractivity contribution is -0.140. The summed E-state index contributed by atoms with van der Waals surface area (Å²) in [5.41, 5.74) is 3.63. The molecule has 0 aliphatic heterocycles. The number of nitrogens with zero attached hydrogens (tertiary/aromatic N) is 2. The van der Waals surface area contributed by atoms with Gasteiger partial charge in [0.05, 0.1) is 10.6 Å². The molecule has 1 N–H and O–H groups in total. The van der Waals surface area contributed by atoms with Crippen LogP contribution >= 0.6 is 0 Å². The summed E-state index contributed by atoms with van der Waals surface area (Å²) >= 11 is 0. The van der Waals surface area contributed by atoms with E-state index < -0.39 is 34.3 Å². The first-order chi connectivity index (χ1) is 20.5. The Morgan fingerprint density at radius 2 is 1.49 bits per heavy atom. The van der Waals surface area contributed by atoms with Crippen molar-refractivity contribution in [2.45, 2.75) is 89.7 Å². The molecule has 1 aliphatic rings. The van der Waals surface area contributed by atoms with Crippen LogP contribution in [0.2, 0.25) is 0 Å². The van der Waals surface area contributed by atoms with E-state index in [0.29, 0.717) is 17.7 Å². The molecule has 1 unspecified atom stereocenters. The molecule has 0 heterocycles. The number of benzene rings is 3. The van der Waals surface area contributed by atoms with Crippen molar-refractivity contribution < 1.29 is 22.4 Å². The van der Waals surface area contributed by atoms with Gasteiger partial charge in [-0.1, -0.05) is 62.1 Å². The van der Waals surface area contributed by atoms with Crippen molar-refractivity contribution in [3.05, 3.63) is 94.8 Å². The number of halogens is 1. The number of amides is 2. The van der Waals surface area contributed by atoms with E-state index in [4.69, 9.17) is 0 Å². The number of hydrogen-bond donors (Lipinski definition) is 1. The van der Waals surface area contributed by atoms with E-state index >= 15 is 0 Å². The van der Waals surface area contributed by atoms with Crippen molar-refractivity contribution in [1.29, 1.82) is 0 Å². The summed E-state index contributed by atoms with van der Waals surface area (Å²) in [6.07, 6.45) is 5.35. The van der Waals surface area contributed by atoms with Gasteiger partial charge in [0.2, 0.25) is 11.8 Å². The van der Waals surface area contributed by atoms with Gasteiger partial charge in [0.1, 0.15) is 18.4 Å². The molecule has 0 radical (unpaired) electrons. The van der Waals surface area contributed by atoms with Crippen LogP contribution in [0.4, 0.5) is 10.1 Å². The van der Waals surface area contributed by atoms with E-state index in [1.807, 2.05) is 33.8 Å². The molecule has 230 valence electrons. The Bertz CT molecular complexity index is 1500. The first kappa shape index (κ1) is 32.2. The molecule has 0 aromatic heterocycles. The SMILES string of the molecule is CCC(C(=O)NC1CCCCC1)N(Cc1ccc(F)cc1)C(=O)CN(c1cc(C)cc(C)c1)S(=O)(=O)c1ccc(C)cc1. The number of rotatable bonds is 11. The maximum absolute atomic E-state index is 14.3. The van der Waals surface area contributed by atoms with Gasteiger partial charge in [-0.25, -0.2) is 12.8 Å². The Hall–Kier alpha value is -3.72. The third-order valence-corrected chi connectivity index (χ3v) is 9.77. The highest BCUT2D eigenvalue weighted by Gasteiger charge is 2.34. The molecule has 0 bridgehead atoms. The lowest BCUT2D eigenvalue weighted by Gasteiger charge is -2.34. The van der Waals surface area contributed by atoms with Gasteiger partial charge in [-0.15, -0.1) is 0 Å². The molecule has 3 aromatic carbocycles. The van der Waals surface area contributed by atoms with Gasteiger partial charge in [-0.3, -0.25) is 13.9 Å². The molecule has 2 amide bonds. The van der Waals surface area contributed by atoms with Crippen LogP contribution in [0.1, 0.15) is 67.7 Å². The average molecular weight is 608 g/mol. The molecule has 1 aliphatic carbocycles.